The fraction of sp³-hybridized carbons (Fsp3) is 0.571. The van der Waals surface area contributed by atoms with Crippen molar-refractivity contribution in [1.82, 2.24) is 5.32 Å². The zero-order valence-electron chi connectivity index (χ0n) is 9.72. The number of hydrogen-bond acceptors (Lipinski definition) is 1. The predicted octanol–water partition coefficient (Wildman–Crippen LogP) is 3.30. The van der Waals surface area contributed by atoms with E-state index in [0.717, 1.165) is 6.42 Å². The summed E-state index contributed by atoms with van der Waals surface area (Å²) in [6, 6.07) is 5.77. The molecule has 2 heteroatoms. The first kappa shape index (κ1) is 10.3. The van der Waals surface area contributed by atoms with Crippen molar-refractivity contribution in [2.75, 3.05) is 7.05 Å². The third kappa shape index (κ3) is 1.32. The van der Waals surface area contributed by atoms with Gasteiger partial charge in [-0.1, -0.05) is 18.9 Å². The van der Waals surface area contributed by atoms with E-state index >= 15 is 0 Å². The SMILES string of the molecule is CNC1CC2(CCCC2)c2cc(F)ccc21. The first-order valence-electron chi connectivity index (χ1n) is 6.22. The molecule has 16 heavy (non-hydrogen) atoms. The van der Waals surface area contributed by atoms with Crippen LogP contribution < -0.4 is 5.32 Å². The fourth-order valence-electron chi connectivity index (χ4n) is 3.69. The second-order valence-corrected chi connectivity index (χ2v) is 5.26. The number of hydrogen-bond donors (Lipinski definition) is 1. The molecule has 1 nitrogen and oxygen atoms in total. The van der Waals surface area contributed by atoms with Gasteiger partial charge < -0.3 is 5.32 Å². The number of nitrogens with one attached hydrogen (secondary N) is 1. The van der Waals surface area contributed by atoms with Crippen LogP contribution >= 0.6 is 0 Å². The molecular formula is C14H18FN. The Kier molecular flexibility index (Phi) is 2.28. The van der Waals surface area contributed by atoms with Gasteiger partial charge in [0.25, 0.3) is 0 Å². The summed E-state index contributed by atoms with van der Waals surface area (Å²) in [5.41, 5.74) is 2.89. The van der Waals surface area contributed by atoms with Crippen LogP contribution in [0.5, 0.6) is 0 Å². The lowest BCUT2D eigenvalue weighted by molar-refractivity contribution is 0.390. The summed E-state index contributed by atoms with van der Waals surface area (Å²) >= 11 is 0. The Labute approximate surface area is 96.1 Å². The molecule has 0 aromatic heterocycles. The van der Waals surface area contributed by atoms with Crippen LogP contribution in [-0.2, 0) is 5.41 Å². The lowest BCUT2D eigenvalue weighted by Crippen LogP contribution is -2.20. The van der Waals surface area contributed by atoms with E-state index in [1.807, 2.05) is 13.1 Å². The zero-order chi connectivity index (χ0) is 11.2. The van der Waals surface area contributed by atoms with Crippen LogP contribution in [0.25, 0.3) is 0 Å². The van der Waals surface area contributed by atoms with E-state index in [2.05, 4.69) is 5.32 Å². The maximum atomic E-state index is 13.4. The normalized spacial score (nSPS) is 26.2. The van der Waals surface area contributed by atoms with E-state index in [4.69, 9.17) is 0 Å². The molecule has 0 bridgehead atoms. The third-order valence-electron chi connectivity index (χ3n) is 4.47. The highest BCUT2D eigenvalue weighted by molar-refractivity contribution is 5.43. The van der Waals surface area contributed by atoms with Crippen LogP contribution in [0.3, 0.4) is 0 Å². The summed E-state index contributed by atoms with van der Waals surface area (Å²) in [7, 11) is 2.01. The summed E-state index contributed by atoms with van der Waals surface area (Å²) in [5.74, 6) is -0.0817. The van der Waals surface area contributed by atoms with Gasteiger partial charge in [0, 0.05) is 6.04 Å². The fourth-order valence-corrected chi connectivity index (χ4v) is 3.69. The summed E-state index contributed by atoms with van der Waals surface area (Å²) in [6.07, 6.45) is 6.23. The quantitative estimate of drug-likeness (QED) is 0.764. The molecule has 1 aromatic carbocycles. The number of benzene rings is 1. The molecule has 1 saturated carbocycles. The summed E-state index contributed by atoms with van der Waals surface area (Å²) in [4.78, 5) is 0. The third-order valence-corrected chi connectivity index (χ3v) is 4.47. The van der Waals surface area contributed by atoms with Crippen LogP contribution in [0.1, 0.15) is 49.3 Å². The van der Waals surface area contributed by atoms with Crippen molar-refractivity contribution >= 4 is 0 Å². The van der Waals surface area contributed by atoms with Gasteiger partial charge in [-0.2, -0.15) is 0 Å². The molecule has 1 atom stereocenters. The van der Waals surface area contributed by atoms with Gasteiger partial charge in [-0.3, -0.25) is 0 Å². The lowest BCUT2D eigenvalue weighted by Gasteiger charge is -2.24. The standard InChI is InChI=1S/C14H18FN/c1-16-13-9-14(6-2-3-7-14)12-8-10(15)4-5-11(12)13/h4-5,8,13,16H,2-3,6-7,9H2,1H3. The molecule has 1 spiro atoms. The van der Waals surface area contributed by atoms with Crippen LogP contribution in [0, 0.1) is 5.82 Å². The van der Waals surface area contributed by atoms with Crippen LogP contribution in [0.4, 0.5) is 4.39 Å². The molecule has 0 aliphatic heterocycles. The first-order valence-corrected chi connectivity index (χ1v) is 6.22. The van der Waals surface area contributed by atoms with Gasteiger partial charge in [-0.05, 0) is 55.0 Å². The molecule has 1 aromatic rings. The maximum Gasteiger partial charge on any atom is 0.123 e. The minimum atomic E-state index is -0.0817. The van der Waals surface area contributed by atoms with E-state index in [0.29, 0.717) is 6.04 Å². The Morgan fingerprint density at radius 2 is 2.06 bits per heavy atom. The highest BCUT2D eigenvalue weighted by Gasteiger charge is 2.44. The molecule has 1 unspecified atom stereocenters. The molecule has 1 N–H and O–H groups in total. The van der Waals surface area contributed by atoms with Gasteiger partial charge in [0.05, 0.1) is 0 Å². The Morgan fingerprint density at radius 1 is 1.31 bits per heavy atom. The second kappa shape index (κ2) is 3.56. The van der Waals surface area contributed by atoms with Gasteiger partial charge in [0.2, 0.25) is 0 Å². The summed E-state index contributed by atoms with van der Waals surface area (Å²) in [5, 5.41) is 3.37. The van der Waals surface area contributed by atoms with E-state index in [-0.39, 0.29) is 11.2 Å². The molecule has 2 aliphatic carbocycles. The van der Waals surface area contributed by atoms with Gasteiger partial charge in [0.1, 0.15) is 5.82 Å². The number of rotatable bonds is 1. The second-order valence-electron chi connectivity index (χ2n) is 5.26. The van der Waals surface area contributed by atoms with Crippen molar-refractivity contribution < 1.29 is 4.39 Å². The Hall–Kier alpha value is -0.890. The highest BCUT2D eigenvalue weighted by Crippen LogP contribution is 2.53. The van der Waals surface area contributed by atoms with Crippen molar-refractivity contribution in [1.29, 1.82) is 0 Å². The molecule has 0 radical (unpaired) electrons. The van der Waals surface area contributed by atoms with E-state index in [1.165, 1.54) is 36.8 Å². The molecule has 0 heterocycles. The van der Waals surface area contributed by atoms with Crippen molar-refractivity contribution in [2.24, 2.45) is 0 Å². The van der Waals surface area contributed by atoms with Gasteiger partial charge >= 0.3 is 0 Å². The average molecular weight is 219 g/mol. The van der Waals surface area contributed by atoms with Crippen molar-refractivity contribution in [3.05, 3.63) is 35.1 Å². The number of halogens is 1. The Morgan fingerprint density at radius 3 is 2.75 bits per heavy atom. The van der Waals surface area contributed by atoms with Crippen LogP contribution in [0.2, 0.25) is 0 Å². The topological polar surface area (TPSA) is 12.0 Å². The first-order chi connectivity index (χ1) is 7.75. The van der Waals surface area contributed by atoms with Gasteiger partial charge in [0.15, 0.2) is 0 Å². The molecule has 3 rings (SSSR count). The molecular weight excluding hydrogens is 201 g/mol. The smallest absolute Gasteiger partial charge is 0.123 e. The van der Waals surface area contributed by atoms with Crippen molar-refractivity contribution in [3.63, 3.8) is 0 Å². The summed E-state index contributed by atoms with van der Waals surface area (Å²) in [6.45, 7) is 0. The Bertz CT molecular complexity index is 407. The maximum absolute atomic E-state index is 13.4. The molecule has 0 saturated heterocycles. The minimum absolute atomic E-state index is 0.0817. The molecule has 0 amide bonds. The summed E-state index contributed by atoms with van der Waals surface area (Å²) < 4.78 is 13.4. The van der Waals surface area contributed by atoms with Crippen molar-refractivity contribution in [3.8, 4) is 0 Å². The monoisotopic (exact) mass is 219 g/mol. The van der Waals surface area contributed by atoms with E-state index in [9.17, 15) is 4.39 Å². The largest absolute Gasteiger partial charge is 0.313 e. The van der Waals surface area contributed by atoms with Crippen LogP contribution in [-0.4, -0.2) is 7.05 Å². The highest BCUT2D eigenvalue weighted by atomic mass is 19.1. The minimum Gasteiger partial charge on any atom is -0.313 e. The van der Waals surface area contributed by atoms with Crippen LogP contribution in [0.15, 0.2) is 18.2 Å². The molecule has 2 aliphatic rings. The van der Waals surface area contributed by atoms with Gasteiger partial charge in [-0.15, -0.1) is 0 Å². The molecule has 1 fully saturated rings. The lowest BCUT2D eigenvalue weighted by atomic mass is 9.80. The predicted molar refractivity (Wildman–Crippen MR) is 63.0 cm³/mol. The number of fused-ring (bicyclic) bond motifs is 2. The van der Waals surface area contributed by atoms with Crippen molar-refractivity contribution in [2.45, 2.75) is 43.6 Å². The van der Waals surface area contributed by atoms with E-state index < -0.39 is 0 Å². The zero-order valence-corrected chi connectivity index (χ0v) is 9.72. The molecule has 86 valence electrons. The Balaban J connectivity index is 2.11. The van der Waals surface area contributed by atoms with E-state index in [1.54, 1.807) is 12.1 Å². The van der Waals surface area contributed by atoms with Gasteiger partial charge in [-0.25, -0.2) is 4.39 Å². The average Bonchev–Trinajstić information content (AvgIpc) is 2.86.